The molecule has 216 valence electrons. The SMILES string of the molecule is CC1C2CCC(C2)C1C.CCC(C)C(=O)Oc1ccc(C2CCCCC2)cc1.CCC(C)c1ccc(O)cc1. The van der Waals surface area contributed by atoms with Crippen LogP contribution in [0.4, 0.5) is 0 Å². The van der Waals surface area contributed by atoms with E-state index in [1.54, 1.807) is 18.6 Å². The van der Waals surface area contributed by atoms with Crippen LogP contribution in [0.1, 0.15) is 129 Å². The van der Waals surface area contributed by atoms with E-state index in [0.29, 0.717) is 23.3 Å². The van der Waals surface area contributed by atoms with E-state index in [-0.39, 0.29) is 11.9 Å². The third-order valence-electron chi connectivity index (χ3n) is 10.1. The first kappa shape index (κ1) is 31.2. The summed E-state index contributed by atoms with van der Waals surface area (Å²) in [4.78, 5) is 11.7. The molecule has 0 radical (unpaired) electrons. The Labute approximate surface area is 238 Å². The fourth-order valence-corrected chi connectivity index (χ4v) is 6.53. The number of fused-ring (bicyclic) bond motifs is 2. The van der Waals surface area contributed by atoms with Crippen LogP contribution in [0.25, 0.3) is 0 Å². The summed E-state index contributed by atoms with van der Waals surface area (Å²) in [6.07, 6.45) is 13.3. The van der Waals surface area contributed by atoms with E-state index in [2.05, 4.69) is 39.8 Å². The molecule has 3 aliphatic rings. The third kappa shape index (κ3) is 9.12. The average Bonchev–Trinajstić information content (AvgIpc) is 3.57. The molecule has 6 atom stereocenters. The van der Waals surface area contributed by atoms with Gasteiger partial charge in [0.15, 0.2) is 0 Å². The molecule has 5 rings (SSSR count). The highest BCUT2D eigenvalue weighted by Crippen LogP contribution is 2.51. The van der Waals surface area contributed by atoms with Crippen molar-refractivity contribution in [3.63, 3.8) is 0 Å². The quantitative estimate of drug-likeness (QED) is 0.296. The topological polar surface area (TPSA) is 46.5 Å². The molecular formula is C36H54O3. The smallest absolute Gasteiger partial charge is 0.314 e. The highest BCUT2D eigenvalue weighted by atomic mass is 16.5. The van der Waals surface area contributed by atoms with Gasteiger partial charge in [0.1, 0.15) is 11.5 Å². The molecule has 0 heterocycles. The second kappa shape index (κ2) is 15.5. The minimum absolute atomic E-state index is 0.0296. The van der Waals surface area contributed by atoms with E-state index < -0.39 is 0 Å². The largest absolute Gasteiger partial charge is 0.508 e. The van der Waals surface area contributed by atoms with E-state index in [4.69, 9.17) is 9.84 Å². The Morgan fingerprint density at radius 3 is 1.85 bits per heavy atom. The highest BCUT2D eigenvalue weighted by molar-refractivity contribution is 5.74. The zero-order valence-electron chi connectivity index (χ0n) is 25.5. The summed E-state index contributed by atoms with van der Waals surface area (Å²) in [5.74, 6) is 6.47. The minimum Gasteiger partial charge on any atom is -0.508 e. The van der Waals surface area contributed by atoms with Crippen molar-refractivity contribution in [1.82, 2.24) is 0 Å². The van der Waals surface area contributed by atoms with Gasteiger partial charge in [-0.1, -0.05) is 85.1 Å². The Bertz CT molecular complexity index is 955. The predicted molar refractivity (Wildman–Crippen MR) is 163 cm³/mol. The Morgan fingerprint density at radius 2 is 1.38 bits per heavy atom. The number of benzene rings is 2. The lowest BCUT2D eigenvalue weighted by Crippen LogP contribution is -2.16. The zero-order chi connectivity index (χ0) is 28.4. The van der Waals surface area contributed by atoms with Gasteiger partial charge in [-0.25, -0.2) is 0 Å². The van der Waals surface area contributed by atoms with Crippen molar-refractivity contribution in [2.24, 2.45) is 29.6 Å². The maximum Gasteiger partial charge on any atom is 0.314 e. The van der Waals surface area contributed by atoms with E-state index >= 15 is 0 Å². The van der Waals surface area contributed by atoms with Crippen LogP contribution in [0.2, 0.25) is 0 Å². The van der Waals surface area contributed by atoms with E-state index in [0.717, 1.165) is 36.5 Å². The molecule has 1 N–H and O–H groups in total. The number of aromatic hydroxyl groups is 1. The maximum atomic E-state index is 11.7. The Morgan fingerprint density at radius 1 is 0.821 bits per heavy atom. The highest BCUT2D eigenvalue weighted by Gasteiger charge is 2.42. The number of phenolic OH excluding ortho intramolecular Hbond substituents is 1. The van der Waals surface area contributed by atoms with E-state index in [9.17, 15) is 4.79 Å². The molecule has 3 saturated carbocycles. The van der Waals surface area contributed by atoms with Crippen molar-refractivity contribution in [1.29, 1.82) is 0 Å². The molecule has 0 saturated heterocycles. The predicted octanol–water partition coefficient (Wildman–Crippen LogP) is 10.3. The molecular weight excluding hydrogens is 480 g/mol. The van der Waals surface area contributed by atoms with Gasteiger partial charge in [-0.2, -0.15) is 0 Å². The summed E-state index contributed by atoms with van der Waals surface area (Å²) in [6.45, 7) is 13.1. The lowest BCUT2D eigenvalue weighted by atomic mass is 9.82. The Kier molecular flexibility index (Phi) is 12.4. The first-order valence-electron chi connectivity index (χ1n) is 15.8. The number of rotatable bonds is 6. The van der Waals surface area contributed by atoms with Gasteiger partial charge in [0.25, 0.3) is 0 Å². The number of carbonyl (C=O) groups is 1. The molecule has 3 nitrogen and oxygen atoms in total. The van der Waals surface area contributed by atoms with Crippen LogP contribution in [0, 0.1) is 29.6 Å². The van der Waals surface area contributed by atoms with Crippen LogP contribution >= 0.6 is 0 Å². The maximum absolute atomic E-state index is 11.7. The first-order chi connectivity index (χ1) is 18.7. The molecule has 3 fully saturated rings. The van der Waals surface area contributed by atoms with Gasteiger partial charge in [-0.05, 0) is 116 Å². The van der Waals surface area contributed by atoms with Crippen LogP contribution in [-0.2, 0) is 4.79 Å². The molecule has 3 aliphatic carbocycles. The molecule has 6 unspecified atom stereocenters. The Hall–Kier alpha value is -2.29. The summed E-state index contributed by atoms with van der Waals surface area (Å²) >= 11 is 0. The molecule has 3 heteroatoms. The van der Waals surface area contributed by atoms with Gasteiger partial charge in [0.05, 0.1) is 5.92 Å². The number of phenols is 1. The standard InChI is InChI=1S/C17H24O2.C10H14O.C9H16/c1-3-13(2)17(18)19-16-11-9-15(10-12-16)14-7-5-4-6-8-14;1-3-8(2)9-4-6-10(11)7-5-9;1-6-7(2)9-4-3-8(6)5-9/h9-14H,3-8H2,1-2H3;4-8,11H,3H2,1-2H3;6-9H,3-5H2,1-2H3. The van der Waals surface area contributed by atoms with Crippen LogP contribution in [0.3, 0.4) is 0 Å². The van der Waals surface area contributed by atoms with E-state index in [1.165, 1.54) is 56.1 Å². The number of esters is 1. The van der Waals surface area contributed by atoms with Gasteiger partial charge < -0.3 is 9.84 Å². The summed E-state index contributed by atoms with van der Waals surface area (Å²) in [6, 6.07) is 15.5. The van der Waals surface area contributed by atoms with Crippen molar-refractivity contribution in [2.45, 2.75) is 118 Å². The van der Waals surface area contributed by atoms with Crippen molar-refractivity contribution in [3.8, 4) is 11.5 Å². The minimum atomic E-state index is -0.132. The lowest BCUT2D eigenvalue weighted by Gasteiger charge is -2.24. The molecule has 2 aromatic rings. The van der Waals surface area contributed by atoms with Crippen molar-refractivity contribution in [2.75, 3.05) is 0 Å². The molecule has 2 bridgehead atoms. The van der Waals surface area contributed by atoms with Gasteiger partial charge in [0, 0.05) is 0 Å². The zero-order valence-corrected chi connectivity index (χ0v) is 25.5. The fourth-order valence-electron chi connectivity index (χ4n) is 6.53. The summed E-state index contributed by atoms with van der Waals surface area (Å²) in [5, 5.41) is 9.01. The van der Waals surface area contributed by atoms with Gasteiger partial charge in [0.2, 0.25) is 0 Å². The normalized spacial score (nSPS) is 25.5. The van der Waals surface area contributed by atoms with Crippen LogP contribution in [0.5, 0.6) is 11.5 Å². The van der Waals surface area contributed by atoms with Crippen molar-refractivity contribution in [3.05, 3.63) is 59.7 Å². The summed E-state index contributed by atoms with van der Waals surface area (Å²) < 4.78 is 5.37. The number of ether oxygens (including phenoxy) is 1. The lowest BCUT2D eigenvalue weighted by molar-refractivity contribution is -0.138. The monoisotopic (exact) mass is 534 g/mol. The summed E-state index contributed by atoms with van der Waals surface area (Å²) in [7, 11) is 0. The van der Waals surface area contributed by atoms with Gasteiger partial charge in [-0.3, -0.25) is 4.79 Å². The van der Waals surface area contributed by atoms with Gasteiger partial charge >= 0.3 is 5.97 Å². The van der Waals surface area contributed by atoms with Gasteiger partial charge in [-0.15, -0.1) is 0 Å². The van der Waals surface area contributed by atoms with Crippen LogP contribution < -0.4 is 4.74 Å². The molecule has 0 aliphatic heterocycles. The molecule has 0 spiro atoms. The van der Waals surface area contributed by atoms with Crippen LogP contribution in [-0.4, -0.2) is 11.1 Å². The Balaban J connectivity index is 0.000000177. The molecule has 0 amide bonds. The fraction of sp³-hybridized carbons (Fsp3) is 0.639. The van der Waals surface area contributed by atoms with Crippen LogP contribution in [0.15, 0.2) is 48.5 Å². The number of hydrogen-bond donors (Lipinski definition) is 1. The third-order valence-corrected chi connectivity index (χ3v) is 10.1. The van der Waals surface area contributed by atoms with E-state index in [1.807, 2.05) is 38.1 Å². The second-order valence-electron chi connectivity index (χ2n) is 12.6. The molecule has 2 aromatic carbocycles. The second-order valence-corrected chi connectivity index (χ2v) is 12.6. The summed E-state index contributed by atoms with van der Waals surface area (Å²) in [5.41, 5.74) is 2.69. The molecule has 39 heavy (non-hydrogen) atoms. The first-order valence-corrected chi connectivity index (χ1v) is 15.8. The number of carbonyl (C=O) groups excluding carboxylic acids is 1. The average molecular weight is 535 g/mol. The van der Waals surface area contributed by atoms with Crippen molar-refractivity contribution < 1.29 is 14.6 Å². The van der Waals surface area contributed by atoms with Crippen molar-refractivity contribution >= 4 is 5.97 Å². The molecule has 0 aromatic heterocycles. The number of hydrogen-bond acceptors (Lipinski definition) is 3.